The maximum Gasteiger partial charge on any atom is 0.309 e. The molecule has 2 amide bonds. The van der Waals surface area contributed by atoms with E-state index in [2.05, 4.69) is 5.10 Å². The molecule has 1 aromatic heterocycles. The van der Waals surface area contributed by atoms with Crippen LogP contribution in [0.25, 0.3) is 5.69 Å². The van der Waals surface area contributed by atoms with Gasteiger partial charge in [0.05, 0.1) is 36.5 Å². The molecular formula is C22H27FN4O4. The van der Waals surface area contributed by atoms with Crippen LogP contribution < -0.4 is 0 Å². The third-order valence-corrected chi connectivity index (χ3v) is 5.51. The highest BCUT2D eigenvalue weighted by Crippen LogP contribution is 2.20. The average molecular weight is 430 g/mol. The zero-order valence-corrected chi connectivity index (χ0v) is 18.0. The number of aromatic nitrogens is 2. The number of ether oxygens (including phenoxy) is 1. The van der Waals surface area contributed by atoms with Crippen LogP contribution in [0.3, 0.4) is 0 Å². The van der Waals surface area contributed by atoms with E-state index in [1.54, 1.807) is 44.0 Å². The van der Waals surface area contributed by atoms with Crippen molar-refractivity contribution >= 4 is 17.8 Å². The number of halogens is 1. The highest BCUT2D eigenvalue weighted by atomic mass is 19.1. The SMILES string of the molecule is CCOC(=O)C1CCN(C(=O)CN(C)C(=O)c2cnn(-c3ccccc3F)c2C)CC1. The quantitative estimate of drug-likeness (QED) is 0.656. The number of benzene rings is 1. The van der Waals surface area contributed by atoms with Crippen molar-refractivity contribution < 1.29 is 23.5 Å². The molecule has 0 N–H and O–H groups in total. The first-order valence-corrected chi connectivity index (χ1v) is 10.3. The summed E-state index contributed by atoms with van der Waals surface area (Å²) in [7, 11) is 1.55. The minimum absolute atomic E-state index is 0.0901. The highest BCUT2D eigenvalue weighted by molar-refractivity contribution is 5.97. The Morgan fingerprint density at radius 1 is 1.23 bits per heavy atom. The van der Waals surface area contributed by atoms with Gasteiger partial charge in [0, 0.05) is 20.1 Å². The minimum Gasteiger partial charge on any atom is -0.466 e. The molecule has 31 heavy (non-hydrogen) atoms. The van der Waals surface area contributed by atoms with Gasteiger partial charge in [0.2, 0.25) is 5.91 Å². The van der Waals surface area contributed by atoms with Gasteiger partial charge in [-0.2, -0.15) is 5.10 Å². The van der Waals surface area contributed by atoms with E-state index < -0.39 is 5.82 Å². The molecule has 0 radical (unpaired) electrons. The van der Waals surface area contributed by atoms with E-state index in [1.807, 2.05) is 0 Å². The molecule has 0 unspecified atom stereocenters. The van der Waals surface area contributed by atoms with Crippen LogP contribution in [0.5, 0.6) is 0 Å². The summed E-state index contributed by atoms with van der Waals surface area (Å²) in [6.07, 6.45) is 2.49. The molecule has 0 saturated carbocycles. The molecule has 1 aliphatic heterocycles. The Bertz CT molecular complexity index is 966. The first-order chi connectivity index (χ1) is 14.8. The van der Waals surface area contributed by atoms with E-state index in [0.29, 0.717) is 43.8 Å². The van der Waals surface area contributed by atoms with E-state index in [1.165, 1.54) is 21.8 Å². The largest absolute Gasteiger partial charge is 0.466 e. The van der Waals surface area contributed by atoms with Crippen LogP contribution in [-0.2, 0) is 14.3 Å². The fourth-order valence-corrected chi connectivity index (χ4v) is 3.69. The summed E-state index contributed by atoms with van der Waals surface area (Å²) in [5, 5.41) is 4.15. The zero-order valence-electron chi connectivity index (χ0n) is 18.0. The molecule has 0 atom stereocenters. The summed E-state index contributed by atoms with van der Waals surface area (Å²) in [6, 6.07) is 6.18. The molecular weight excluding hydrogens is 403 g/mol. The van der Waals surface area contributed by atoms with E-state index in [9.17, 15) is 18.8 Å². The predicted molar refractivity (Wildman–Crippen MR) is 111 cm³/mol. The fourth-order valence-electron chi connectivity index (χ4n) is 3.69. The summed E-state index contributed by atoms with van der Waals surface area (Å²) >= 11 is 0. The van der Waals surface area contributed by atoms with Crippen LogP contribution in [0, 0.1) is 18.7 Å². The minimum atomic E-state index is -0.442. The lowest BCUT2D eigenvalue weighted by atomic mass is 9.97. The van der Waals surface area contributed by atoms with Gasteiger partial charge in [-0.05, 0) is 38.8 Å². The lowest BCUT2D eigenvalue weighted by molar-refractivity contribution is -0.151. The third-order valence-electron chi connectivity index (χ3n) is 5.51. The Kier molecular flexibility index (Phi) is 7.04. The van der Waals surface area contributed by atoms with Crippen molar-refractivity contribution in [2.45, 2.75) is 26.7 Å². The lowest BCUT2D eigenvalue weighted by Gasteiger charge is -2.32. The fraction of sp³-hybridized carbons (Fsp3) is 0.455. The Morgan fingerprint density at radius 3 is 2.55 bits per heavy atom. The van der Waals surface area contributed by atoms with Gasteiger partial charge in [-0.1, -0.05) is 12.1 Å². The molecule has 8 nitrogen and oxygen atoms in total. The molecule has 1 aliphatic rings. The van der Waals surface area contributed by atoms with Gasteiger partial charge in [0.25, 0.3) is 5.91 Å². The number of esters is 1. The smallest absolute Gasteiger partial charge is 0.309 e. The summed E-state index contributed by atoms with van der Waals surface area (Å²) < 4.78 is 20.5. The number of nitrogens with zero attached hydrogens (tertiary/aromatic N) is 4. The van der Waals surface area contributed by atoms with Crippen molar-refractivity contribution in [3.63, 3.8) is 0 Å². The van der Waals surface area contributed by atoms with Crippen LogP contribution >= 0.6 is 0 Å². The first-order valence-electron chi connectivity index (χ1n) is 10.3. The Balaban J connectivity index is 1.61. The van der Waals surface area contributed by atoms with Crippen molar-refractivity contribution in [3.8, 4) is 5.69 Å². The zero-order chi connectivity index (χ0) is 22.5. The second-order valence-corrected chi connectivity index (χ2v) is 7.58. The molecule has 0 bridgehead atoms. The Morgan fingerprint density at radius 2 is 1.90 bits per heavy atom. The van der Waals surface area contributed by atoms with Crippen molar-refractivity contribution in [2.24, 2.45) is 5.92 Å². The van der Waals surface area contributed by atoms with Gasteiger partial charge in [-0.3, -0.25) is 14.4 Å². The van der Waals surface area contributed by atoms with Crippen LogP contribution in [0.4, 0.5) is 4.39 Å². The predicted octanol–water partition coefficient (Wildman–Crippen LogP) is 2.19. The molecule has 2 aromatic rings. The summed E-state index contributed by atoms with van der Waals surface area (Å²) in [5.74, 6) is -1.39. The standard InChI is InChI=1S/C22H27FN4O4/c1-4-31-22(30)16-9-11-26(12-10-16)20(28)14-25(3)21(29)17-13-24-27(15(17)2)19-8-6-5-7-18(19)23/h5-8,13,16H,4,9-12,14H2,1-3H3. The molecule has 166 valence electrons. The molecule has 1 fully saturated rings. The number of carbonyl (C=O) groups is 3. The summed E-state index contributed by atoms with van der Waals surface area (Å²) in [5.41, 5.74) is 1.05. The van der Waals surface area contributed by atoms with Gasteiger partial charge in [-0.25, -0.2) is 9.07 Å². The van der Waals surface area contributed by atoms with E-state index in [4.69, 9.17) is 4.74 Å². The van der Waals surface area contributed by atoms with Crippen molar-refractivity contribution in [2.75, 3.05) is 33.3 Å². The molecule has 0 aliphatic carbocycles. The Hall–Kier alpha value is -3.23. The van der Waals surface area contributed by atoms with Gasteiger partial charge in [0.15, 0.2) is 0 Å². The van der Waals surface area contributed by atoms with Crippen molar-refractivity contribution in [3.05, 3.63) is 47.5 Å². The summed E-state index contributed by atoms with van der Waals surface area (Å²) in [6.45, 7) is 4.61. The van der Waals surface area contributed by atoms with E-state index >= 15 is 0 Å². The monoisotopic (exact) mass is 430 g/mol. The molecule has 9 heteroatoms. The molecule has 2 heterocycles. The number of carbonyl (C=O) groups excluding carboxylic acids is 3. The number of amides is 2. The lowest BCUT2D eigenvalue weighted by Crippen LogP contribution is -2.45. The maximum absolute atomic E-state index is 14.1. The number of rotatable bonds is 6. The molecule has 0 spiro atoms. The van der Waals surface area contributed by atoms with E-state index in [-0.39, 0.29) is 35.9 Å². The van der Waals surface area contributed by atoms with Crippen molar-refractivity contribution in [1.82, 2.24) is 19.6 Å². The Labute approximate surface area is 180 Å². The molecule has 3 rings (SSSR count). The van der Waals surface area contributed by atoms with Crippen molar-refractivity contribution in [1.29, 1.82) is 0 Å². The number of piperidine rings is 1. The summed E-state index contributed by atoms with van der Waals surface area (Å²) in [4.78, 5) is 40.4. The molecule has 1 saturated heterocycles. The van der Waals surface area contributed by atoms with Crippen LogP contribution in [0.2, 0.25) is 0 Å². The first kappa shape index (κ1) is 22.5. The number of hydrogen-bond donors (Lipinski definition) is 0. The van der Waals surface area contributed by atoms with Gasteiger partial charge < -0.3 is 14.5 Å². The van der Waals surface area contributed by atoms with E-state index in [0.717, 1.165) is 0 Å². The van der Waals surface area contributed by atoms with Crippen LogP contribution in [-0.4, -0.2) is 70.7 Å². The third kappa shape index (κ3) is 4.92. The van der Waals surface area contributed by atoms with Gasteiger partial charge >= 0.3 is 5.97 Å². The number of likely N-dealkylation sites (tertiary alicyclic amines) is 1. The number of hydrogen-bond acceptors (Lipinski definition) is 5. The number of likely N-dealkylation sites (N-methyl/N-ethyl adjacent to an activating group) is 1. The normalized spacial score (nSPS) is 14.4. The van der Waals surface area contributed by atoms with Gasteiger partial charge in [0.1, 0.15) is 11.5 Å². The van der Waals surface area contributed by atoms with Gasteiger partial charge in [-0.15, -0.1) is 0 Å². The second-order valence-electron chi connectivity index (χ2n) is 7.58. The van der Waals surface area contributed by atoms with Crippen LogP contribution in [0.15, 0.2) is 30.5 Å². The highest BCUT2D eigenvalue weighted by Gasteiger charge is 2.29. The topological polar surface area (TPSA) is 84.7 Å². The number of para-hydroxylation sites is 1. The second kappa shape index (κ2) is 9.72. The average Bonchev–Trinajstić information content (AvgIpc) is 3.14. The maximum atomic E-state index is 14.1. The van der Waals surface area contributed by atoms with Crippen LogP contribution in [0.1, 0.15) is 35.8 Å². The molecule has 1 aromatic carbocycles.